The maximum absolute atomic E-state index is 14.0. The Kier molecular flexibility index (Phi) is 4.77. The van der Waals surface area contributed by atoms with Crippen LogP contribution in [0.15, 0.2) is 48.5 Å². The predicted octanol–water partition coefficient (Wildman–Crippen LogP) is 3.74. The number of nitrogens with zero attached hydrogens (tertiary/aromatic N) is 1. The van der Waals surface area contributed by atoms with Crippen LogP contribution in [-0.2, 0) is 10.2 Å². The second-order valence-corrected chi connectivity index (χ2v) is 6.61. The highest BCUT2D eigenvalue weighted by Crippen LogP contribution is 2.36. The van der Waals surface area contributed by atoms with E-state index in [2.05, 4.69) is 0 Å². The van der Waals surface area contributed by atoms with Gasteiger partial charge >= 0.3 is 5.97 Å². The lowest BCUT2D eigenvalue weighted by Crippen LogP contribution is -2.49. The van der Waals surface area contributed by atoms with E-state index in [0.717, 1.165) is 11.6 Å². The average molecular weight is 362 g/mol. The number of likely N-dealkylation sites (tertiary alicyclic amines) is 1. The molecule has 2 aromatic rings. The fraction of sp³-hybridized carbons (Fsp3) is 0.263. The summed E-state index contributed by atoms with van der Waals surface area (Å²) in [6.45, 7) is 0.504. The van der Waals surface area contributed by atoms with Gasteiger partial charge in [0.05, 0.1) is 11.0 Å². The minimum absolute atomic E-state index is 0.0491. The zero-order valence-electron chi connectivity index (χ0n) is 13.4. The summed E-state index contributed by atoms with van der Waals surface area (Å²) in [5.41, 5.74) is -0.337. The Labute approximate surface area is 149 Å². The summed E-state index contributed by atoms with van der Waals surface area (Å²) in [5.74, 6) is -2.01. The van der Waals surface area contributed by atoms with Gasteiger partial charge in [-0.05, 0) is 36.6 Å². The van der Waals surface area contributed by atoms with Crippen molar-refractivity contribution in [3.05, 3.63) is 70.5 Å². The van der Waals surface area contributed by atoms with Crippen molar-refractivity contribution in [1.29, 1.82) is 0 Å². The number of carbonyl (C=O) groups is 2. The summed E-state index contributed by atoms with van der Waals surface area (Å²) < 4.78 is 14.0. The van der Waals surface area contributed by atoms with Crippen LogP contribution in [0.5, 0.6) is 0 Å². The van der Waals surface area contributed by atoms with Gasteiger partial charge < -0.3 is 10.0 Å². The van der Waals surface area contributed by atoms with Gasteiger partial charge in [-0.25, -0.2) is 4.39 Å². The lowest BCUT2D eigenvalue weighted by Gasteiger charge is -2.39. The van der Waals surface area contributed by atoms with Gasteiger partial charge in [-0.15, -0.1) is 0 Å². The van der Waals surface area contributed by atoms with E-state index in [1.807, 2.05) is 6.07 Å². The lowest BCUT2D eigenvalue weighted by molar-refractivity contribution is -0.145. The molecule has 0 aromatic heterocycles. The number of carbonyl (C=O) groups excluding carboxylic acids is 1. The Morgan fingerprint density at radius 1 is 1.08 bits per heavy atom. The SMILES string of the molecule is O=C(c1ccc(Cl)cc1F)N1CCC(C(=O)O)(c2ccccc2)CC1. The fourth-order valence-corrected chi connectivity index (χ4v) is 3.47. The number of amides is 1. The quantitative estimate of drug-likeness (QED) is 0.906. The first kappa shape index (κ1) is 17.4. The third-order valence-corrected chi connectivity index (χ3v) is 5.04. The minimum atomic E-state index is -1.02. The number of hydrogen-bond acceptors (Lipinski definition) is 2. The molecular formula is C19H17ClFNO3. The Morgan fingerprint density at radius 3 is 2.28 bits per heavy atom. The predicted molar refractivity (Wildman–Crippen MR) is 92.3 cm³/mol. The largest absolute Gasteiger partial charge is 0.481 e. The van der Waals surface area contributed by atoms with E-state index in [0.29, 0.717) is 0 Å². The highest BCUT2D eigenvalue weighted by atomic mass is 35.5. The second kappa shape index (κ2) is 6.84. The van der Waals surface area contributed by atoms with Gasteiger partial charge in [0, 0.05) is 18.1 Å². The first-order valence-corrected chi connectivity index (χ1v) is 8.35. The molecule has 6 heteroatoms. The van der Waals surface area contributed by atoms with Gasteiger partial charge in [0.2, 0.25) is 0 Å². The van der Waals surface area contributed by atoms with Crippen LogP contribution in [0.4, 0.5) is 4.39 Å². The van der Waals surface area contributed by atoms with Crippen molar-refractivity contribution in [3.63, 3.8) is 0 Å². The standard InChI is InChI=1S/C19H17ClFNO3/c20-14-6-7-15(16(21)12-14)17(23)22-10-8-19(9-11-22,18(24)25)13-4-2-1-3-5-13/h1-7,12H,8-11H2,(H,24,25). The molecule has 0 unspecified atom stereocenters. The highest BCUT2D eigenvalue weighted by Gasteiger charge is 2.44. The molecule has 1 aliphatic rings. The van der Waals surface area contributed by atoms with Crippen LogP contribution < -0.4 is 0 Å². The van der Waals surface area contributed by atoms with Crippen molar-refractivity contribution < 1.29 is 19.1 Å². The molecule has 130 valence electrons. The maximum Gasteiger partial charge on any atom is 0.314 e. The number of halogens is 2. The molecule has 1 amide bonds. The molecule has 0 saturated carbocycles. The molecule has 0 atom stereocenters. The summed E-state index contributed by atoms with van der Waals surface area (Å²) in [7, 11) is 0. The van der Waals surface area contributed by atoms with E-state index in [-0.39, 0.29) is 36.5 Å². The van der Waals surface area contributed by atoms with Gasteiger partial charge in [-0.1, -0.05) is 41.9 Å². The van der Waals surface area contributed by atoms with Crippen molar-refractivity contribution in [2.45, 2.75) is 18.3 Å². The Hall–Kier alpha value is -2.40. The summed E-state index contributed by atoms with van der Waals surface area (Å²) in [6.07, 6.45) is 0.570. The molecule has 1 fully saturated rings. The van der Waals surface area contributed by atoms with E-state index in [1.54, 1.807) is 24.3 Å². The first-order valence-electron chi connectivity index (χ1n) is 7.97. The summed E-state index contributed by atoms with van der Waals surface area (Å²) in [4.78, 5) is 26.0. The van der Waals surface area contributed by atoms with E-state index < -0.39 is 23.1 Å². The highest BCUT2D eigenvalue weighted by molar-refractivity contribution is 6.30. The smallest absolute Gasteiger partial charge is 0.314 e. The number of aliphatic carboxylic acids is 1. The summed E-state index contributed by atoms with van der Waals surface area (Å²) in [5, 5.41) is 10.0. The van der Waals surface area contributed by atoms with E-state index in [9.17, 15) is 19.1 Å². The number of hydrogen-bond donors (Lipinski definition) is 1. The molecule has 1 aliphatic heterocycles. The fourth-order valence-electron chi connectivity index (χ4n) is 3.31. The van der Waals surface area contributed by atoms with Crippen LogP contribution >= 0.6 is 11.6 Å². The molecule has 1 heterocycles. The Morgan fingerprint density at radius 2 is 1.72 bits per heavy atom. The zero-order chi connectivity index (χ0) is 18.0. The van der Waals surface area contributed by atoms with Crippen molar-refractivity contribution in [1.82, 2.24) is 4.90 Å². The Balaban J connectivity index is 1.80. The molecular weight excluding hydrogens is 345 g/mol. The second-order valence-electron chi connectivity index (χ2n) is 6.17. The molecule has 3 rings (SSSR count). The minimum Gasteiger partial charge on any atom is -0.481 e. The van der Waals surface area contributed by atoms with E-state index in [4.69, 9.17) is 11.6 Å². The third-order valence-electron chi connectivity index (χ3n) is 4.80. The van der Waals surface area contributed by atoms with Gasteiger partial charge in [0.1, 0.15) is 5.82 Å². The molecule has 0 radical (unpaired) electrons. The van der Waals surface area contributed by atoms with Crippen molar-refractivity contribution in [2.24, 2.45) is 0 Å². The van der Waals surface area contributed by atoms with Crippen LogP contribution in [-0.4, -0.2) is 35.0 Å². The summed E-state index contributed by atoms with van der Waals surface area (Å²) in [6, 6.07) is 13.0. The van der Waals surface area contributed by atoms with Gasteiger partial charge in [0.15, 0.2) is 0 Å². The number of benzene rings is 2. The van der Waals surface area contributed by atoms with Crippen LogP contribution in [0.3, 0.4) is 0 Å². The molecule has 0 spiro atoms. The third kappa shape index (κ3) is 3.24. The average Bonchev–Trinajstić information content (AvgIpc) is 2.62. The van der Waals surface area contributed by atoms with Crippen molar-refractivity contribution in [2.75, 3.05) is 13.1 Å². The molecule has 1 saturated heterocycles. The van der Waals surface area contributed by atoms with E-state index in [1.165, 1.54) is 17.0 Å². The molecule has 2 aromatic carbocycles. The molecule has 25 heavy (non-hydrogen) atoms. The van der Waals surface area contributed by atoms with Crippen LogP contribution in [0.1, 0.15) is 28.8 Å². The van der Waals surface area contributed by atoms with Crippen molar-refractivity contribution >= 4 is 23.5 Å². The molecule has 0 aliphatic carbocycles. The van der Waals surface area contributed by atoms with Crippen LogP contribution in [0.25, 0.3) is 0 Å². The van der Waals surface area contributed by atoms with Crippen LogP contribution in [0.2, 0.25) is 5.02 Å². The van der Waals surface area contributed by atoms with Crippen LogP contribution in [0, 0.1) is 5.82 Å². The number of piperidine rings is 1. The number of rotatable bonds is 3. The molecule has 1 N–H and O–H groups in total. The number of carboxylic acid groups (broad SMARTS) is 1. The van der Waals surface area contributed by atoms with Crippen molar-refractivity contribution in [3.8, 4) is 0 Å². The molecule has 0 bridgehead atoms. The number of carboxylic acids is 1. The molecule has 4 nitrogen and oxygen atoms in total. The summed E-state index contributed by atoms with van der Waals surface area (Å²) >= 11 is 5.72. The Bertz CT molecular complexity index is 802. The lowest BCUT2D eigenvalue weighted by atomic mass is 9.72. The maximum atomic E-state index is 14.0. The van der Waals surface area contributed by atoms with Gasteiger partial charge in [-0.3, -0.25) is 9.59 Å². The van der Waals surface area contributed by atoms with Gasteiger partial charge in [-0.2, -0.15) is 0 Å². The van der Waals surface area contributed by atoms with E-state index >= 15 is 0 Å². The first-order chi connectivity index (χ1) is 11.9. The van der Waals surface area contributed by atoms with Gasteiger partial charge in [0.25, 0.3) is 5.91 Å². The topological polar surface area (TPSA) is 57.6 Å². The normalized spacial score (nSPS) is 16.5. The zero-order valence-corrected chi connectivity index (χ0v) is 14.2. The monoisotopic (exact) mass is 361 g/mol.